The van der Waals surface area contributed by atoms with Crippen molar-refractivity contribution in [1.29, 1.82) is 0 Å². The van der Waals surface area contributed by atoms with Crippen molar-refractivity contribution in [3.63, 3.8) is 0 Å². The van der Waals surface area contributed by atoms with Crippen molar-refractivity contribution in [3.8, 4) is 10.6 Å². The van der Waals surface area contributed by atoms with E-state index < -0.39 is 0 Å². The van der Waals surface area contributed by atoms with Crippen molar-refractivity contribution in [2.45, 2.75) is 32.7 Å². The molecule has 0 saturated carbocycles. The van der Waals surface area contributed by atoms with E-state index in [2.05, 4.69) is 16.4 Å². The molecule has 0 atom stereocenters. The minimum Gasteiger partial charge on any atom is -0.326 e. The Morgan fingerprint density at radius 1 is 1.10 bits per heavy atom. The van der Waals surface area contributed by atoms with Gasteiger partial charge in [-0.3, -0.25) is 19.3 Å². The topological polar surface area (TPSA) is 79.4 Å². The maximum atomic E-state index is 12.4. The van der Waals surface area contributed by atoms with Gasteiger partial charge in [-0.1, -0.05) is 35.9 Å². The highest BCUT2D eigenvalue weighted by molar-refractivity contribution is 7.13. The second-order valence-corrected chi connectivity index (χ2v) is 8.17. The Morgan fingerprint density at radius 3 is 2.53 bits per heavy atom. The highest BCUT2D eigenvalue weighted by atomic mass is 32.1. The van der Waals surface area contributed by atoms with Crippen LogP contribution in [0.3, 0.4) is 0 Å². The predicted molar refractivity (Wildman–Crippen MR) is 116 cm³/mol. The number of hydrogen-bond acceptors (Lipinski definition) is 5. The number of hydrogen-bond donors (Lipinski definition) is 1. The third-order valence-electron chi connectivity index (χ3n) is 4.89. The zero-order chi connectivity index (χ0) is 21.1. The number of nitrogens with zero attached hydrogens (tertiary/aromatic N) is 2. The van der Waals surface area contributed by atoms with Crippen molar-refractivity contribution in [2.75, 3.05) is 5.32 Å². The lowest BCUT2D eigenvalue weighted by Crippen LogP contribution is -2.28. The van der Waals surface area contributed by atoms with E-state index in [0.717, 1.165) is 21.8 Å². The summed E-state index contributed by atoms with van der Waals surface area (Å²) < 4.78 is 0. The van der Waals surface area contributed by atoms with Crippen LogP contribution in [0.25, 0.3) is 10.6 Å². The number of rotatable bonds is 6. The molecule has 2 heterocycles. The maximum Gasteiger partial charge on any atom is 0.230 e. The van der Waals surface area contributed by atoms with Crippen LogP contribution in [-0.4, -0.2) is 27.6 Å². The number of carbonyl (C=O) groups is 3. The summed E-state index contributed by atoms with van der Waals surface area (Å²) in [5.41, 5.74) is 4.47. The van der Waals surface area contributed by atoms with Gasteiger partial charge in [0.15, 0.2) is 0 Å². The molecule has 152 valence electrons. The minimum absolute atomic E-state index is 0.134. The molecular formula is C23H21N3O3S. The molecule has 0 bridgehead atoms. The van der Waals surface area contributed by atoms with Crippen LogP contribution in [0.1, 0.15) is 29.7 Å². The zero-order valence-corrected chi connectivity index (χ0v) is 17.4. The van der Waals surface area contributed by atoms with E-state index in [1.165, 1.54) is 21.8 Å². The van der Waals surface area contributed by atoms with Gasteiger partial charge in [-0.2, -0.15) is 0 Å². The van der Waals surface area contributed by atoms with E-state index in [9.17, 15) is 14.4 Å². The highest BCUT2D eigenvalue weighted by Gasteiger charge is 2.28. The predicted octanol–water partition coefficient (Wildman–Crippen LogP) is 3.95. The van der Waals surface area contributed by atoms with E-state index in [-0.39, 0.29) is 43.5 Å². The lowest BCUT2D eigenvalue weighted by atomic mass is 10.1. The molecule has 2 aromatic carbocycles. The lowest BCUT2D eigenvalue weighted by Gasteiger charge is -2.14. The molecule has 1 N–H and O–H groups in total. The van der Waals surface area contributed by atoms with E-state index in [1.54, 1.807) is 12.1 Å². The second kappa shape index (κ2) is 8.59. The van der Waals surface area contributed by atoms with Crippen LogP contribution in [0, 0.1) is 6.92 Å². The fourth-order valence-electron chi connectivity index (χ4n) is 3.34. The van der Waals surface area contributed by atoms with Gasteiger partial charge < -0.3 is 5.32 Å². The minimum atomic E-state index is -0.145. The fourth-order valence-corrected chi connectivity index (χ4v) is 4.16. The largest absolute Gasteiger partial charge is 0.326 e. The Hall–Kier alpha value is -3.32. The molecule has 1 saturated heterocycles. The molecule has 4 rings (SSSR count). The monoisotopic (exact) mass is 419 g/mol. The number of benzene rings is 2. The smallest absolute Gasteiger partial charge is 0.230 e. The summed E-state index contributed by atoms with van der Waals surface area (Å²) in [5.74, 6) is -0.412. The van der Waals surface area contributed by atoms with Gasteiger partial charge in [0, 0.05) is 29.5 Å². The summed E-state index contributed by atoms with van der Waals surface area (Å²) in [5, 5.41) is 5.67. The van der Waals surface area contributed by atoms with E-state index in [1.807, 2.05) is 42.6 Å². The Morgan fingerprint density at radius 2 is 1.83 bits per heavy atom. The molecule has 30 heavy (non-hydrogen) atoms. The Kier molecular flexibility index (Phi) is 5.72. The number of carbonyl (C=O) groups excluding carboxylic acids is 3. The molecule has 0 aliphatic carbocycles. The molecule has 0 unspecified atom stereocenters. The van der Waals surface area contributed by atoms with E-state index in [0.29, 0.717) is 5.69 Å². The number of aromatic nitrogens is 1. The van der Waals surface area contributed by atoms with Crippen LogP contribution in [0.15, 0.2) is 53.9 Å². The van der Waals surface area contributed by atoms with E-state index >= 15 is 0 Å². The highest BCUT2D eigenvalue weighted by Crippen LogP contribution is 2.25. The molecule has 7 heteroatoms. The standard InChI is InChI=1S/C23H21N3O3S/c1-15-3-2-4-17(11-15)23-25-19(14-30-23)12-20(27)24-18-7-5-16(6-8-18)13-26-21(28)9-10-22(26)29/h2-8,11,14H,9-10,12-13H2,1H3,(H,24,27). The van der Waals surface area contributed by atoms with Crippen LogP contribution in [0.4, 0.5) is 5.69 Å². The van der Waals surface area contributed by atoms with Gasteiger partial charge in [0.05, 0.1) is 18.7 Å². The van der Waals surface area contributed by atoms with Gasteiger partial charge in [-0.25, -0.2) is 4.98 Å². The average molecular weight is 420 g/mol. The summed E-state index contributed by atoms with van der Waals surface area (Å²) in [6.07, 6.45) is 0.769. The molecule has 3 aromatic rings. The number of aryl methyl sites for hydroxylation is 1. The lowest BCUT2D eigenvalue weighted by molar-refractivity contribution is -0.139. The molecule has 1 fully saturated rings. The van der Waals surface area contributed by atoms with Crippen LogP contribution in [0.2, 0.25) is 0 Å². The third-order valence-corrected chi connectivity index (χ3v) is 5.83. The van der Waals surface area contributed by atoms with Gasteiger partial charge in [0.25, 0.3) is 0 Å². The first-order chi connectivity index (χ1) is 14.5. The first-order valence-corrected chi connectivity index (χ1v) is 10.6. The molecule has 6 nitrogen and oxygen atoms in total. The summed E-state index contributed by atoms with van der Waals surface area (Å²) in [6, 6.07) is 15.3. The number of likely N-dealkylation sites (tertiary alicyclic amines) is 1. The van der Waals surface area contributed by atoms with Crippen molar-refractivity contribution in [2.24, 2.45) is 0 Å². The normalized spacial score (nSPS) is 13.7. The maximum absolute atomic E-state index is 12.4. The van der Waals surface area contributed by atoms with Gasteiger partial charge >= 0.3 is 0 Å². The van der Waals surface area contributed by atoms with Crippen LogP contribution in [-0.2, 0) is 27.3 Å². The van der Waals surface area contributed by atoms with Crippen molar-refractivity contribution in [1.82, 2.24) is 9.88 Å². The van der Waals surface area contributed by atoms with Gasteiger partial charge in [0.1, 0.15) is 5.01 Å². The first-order valence-electron chi connectivity index (χ1n) is 9.71. The fraction of sp³-hybridized carbons (Fsp3) is 0.217. The SMILES string of the molecule is Cc1cccc(-c2nc(CC(=O)Nc3ccc(CN4C(=O)CCC4=O)cc3)cs2)c1. The molecule has 1 aliphatic rings. The number of anilines is 1. The number of amides is 3. The van der Waals surface area contributed by atoms with Crippen LogP contribution >= 0.6 is 11.3 Å². The zero-order valence-electron chi connectivity index (χ0n) is 16.6. The van der Waals surface area contributed by atoms with Crippen LogP contribution in [0.5, 0.6) is 0 Å². The summed E-state index contributed by atoms with van der Waals surface area (Å²) in [6.45, 7) is 2.31. The van der Waals surface area contributed by atoms with Crippen molar-refractivity contribution >= 4 is 34.7 Å². The second-order valence-electron chi connectivity index (χ2n) is 7.31. The molecule has 0 radical (unpaired) electrons. The number of nitrogens with one attached hydrogen (secondary N) is 1. The Balaban J connectivity index is 1.34. The van der Waals surface area contributed by atoms with Gasteiger partial charge in [-0.05, 0) is 30.7 Å². The van der Waals surface area contributed by atoms with Crippen molar-refractivity contribution < 1.29 is 14.4 Å². The quantitative estimate of drug-likeness (QED) is 0.614. The molecule has 0 spiro atoms. The summed E-state index contributed by atoms with van der Waals surface area (Å²) in [7, 11) is 0. The van der Waals surface area contributed by atoms with Gasteiger partial charge in [0.2, 0.25) is 17.7 Å². The molecule has 3 amide bonds. The Bertz CT molecular complexity index is 1090. The summed E-state index contributed by atoms with van der Waals surface area (Å²) in [4.78, 5) is 41.7. The molecule has 1 aliphatic heterocycles. The third kappa shape index (κ3) is 4.63. The summed E-state index contributed by atoms with van der Waals surface area (Å²) >= 11 is 1.53. The van der Waals surface area contributed by atoms with E-state index in [4.69, 9.17) is 0 Å². The number of thiazole rings is 1. The first kappa shape index (κ1) is 20.0. The van der Waals surface area contributed by atoms with Crippen LogP contribution < -0.4 is 5.32 Å². The van der Waals surface area contributed by atoms with Crippen molar-refractivity contribution in [3.05, 3.63) is 70.7 Å². The average Bonchev–Trinajstić information content (AvgIpc) is 3.31. The molecule has 1 aromatic heterocycles. The molecular weight excluding hydrogens is 398 g/mol. The van der Waals surface area contributed by atoms with Gasteiger partial charge in [-0.15, -0.1) is 11.3 Å². The number of imide groups is 1. The Labute approximate surface area is 178 Å².